The van der Waals surface area contributed by atoms with E-state index < -0.39 is 0 Å². The molecular formula is C26H23NO3S. The van der Waals surface area contributed by atoms with Gasteiger partial charge in [-0.2, -0.15) is 0 Å². The number of carbonyl (C=O) groups excluding carboxylic acids is 2. The van der Waals surface area contributed by atoms with Gasteiger partial charge in [0.2, 0.25) is 0 Å². The Balaban J connectivity index is 1.42. The van der Waals surface area contributed by atoms with Crippen molar-refractivity contribution in [2.45, 2.75) is 19.4 Å². The molecule has 1 aliphatic heterocycles. The molecule has 0 saturated carbocycles. The van der Waals surface area contributed by atoms with Crippen LogP contribution in [0.3, 0.4) is 0 Å². The monoisotopic (exact) mass is 429 g/mol. The number of hydrogen-bond donors (Lipinski definition) is 0. The van der Waals surface area contributed by atoms with E-state index in [9.17, 15) is 9.59 Å². The summed E-state index contributed by atoms with van der Waals surface area (Å²) in [5, 5.41) is -0.216. The lowest BCUT2D eigenvalue weighted by atomic mass is 10.1. The first-order valence-corrected chi connectivity index (χ1v) is 11.1. The van der Waals surface area contributed by atoms with E-state index in [-0.39, 0.29) is 11.1 Å². The topological polar surface area (TPSA) is 46.6 Å². The summed E-state index contributed by atoms with van der Waals surface area (Å²) in [7, 11) is 0. The van der Waals surface area contributed by atoms with Crippen molar-refractivity contribution in [3.8, 4) is 5.75 Å². The predicted octanol–water partition coefficient (Wildman–Crippen LogP) is 5.93. The average Bonchev–Trinajstić information content (AvgIpc) is 3.07. The van der Waals surface area contributed by atoms with E-state index >= 15 is 0 Å². The van der Waals surface area contributed by atoms with Crippen molar-refractivity contribution in [2.24, 2.45) is 0 Å². The Kier molecular flexibility index (Phi) is 6.85. The van der Waals surface area contributed by atoms with Crippen LogP contribution < -0.4 is 4.74 Å². The average molecular weight is 430 g/mol. The quantitative estimate of drug-likeness (QED) is 0.416. The number of amides is 2. The minimum absolute atomic E-state index is 0.216. The number of para-hydroxylation sites is 1. The van der Waals surface area contributed by atoms with Gasteiger partial charge in [-0.1, -0.05) is 78.9 Å². The molecule has 0 atom stereocenters. The van der Waals surface area contributed by atoms with Crippen molar-refractivity contribution in [1.29, 1.82) is 0 Å². The third-order valence-electron chi connectivity index (χ3n) is 5.01. The molecule has 1 fully saturated rings. The highest BCUT2D eigenvalue weighted by atomic mass is 32.2. The highest BCUT2D eigenvalue weighted by molar-refractivity contribution is 8.18. The minimum Gasteiger partial charge on any atom is -0.488 e. The summed E-state index contributed by atoms with van der Waals surface area (Å²) in [5.74, 6) is 0.447. The van der Waals surface area contributed by atoms with Gasteiger partial charge in [-0.25, -0.2) is 0 Å². The Hall–Kier alpha value is -3.31. The van der Waals surface area contributed by atoms with Crippen LogP contribution in [-0.2, 0) is 17.8 Å². The normalized spacial score (nSPS) is 15.0. The zero-order chi connectivity index (χ0) is 21.5. The molecule has 5 heteroatoms. The van der Waals surface area contributed by atoms with Gasteiger partial charge in [0.15, 0.2) is 0 Å². The largest absolute Gasteiger partial charge is 0.488 e. The molecule has 4 nitrogen and oxygen atoms in total. The van der Waals surface area contributed by atoms with E-state index in [1.54, 1.807) is 6.08 Å². The van der Waals surface area contributed by atoms with Crippen LogP contribution in [0.1, 0.15) is 23.1 Å². The van der Waals surface area contributed by atoms with Crippen LogP contribution in [0.2, 0.25) is 0 Å². The van der Waals surface area contributed by atoms with Crippen molar-refractivity contribution >= 4 is 29.0 Å². The van der Waals surface area contributed by atoms with Crippen molar-refractivity contribution in [3.05, 3.63) is 107 Å². The molecule has 3 aromatic rings. The molecule has 2 amide bonds. The molecule has 0 bridgehead atoms. The van der Waals surface area contributed by atoms with E-state index in [4.69, 9.17) is 4.74 Å². The molecule has 1 aliphatic rings. The molecule has 1 heterocycles. The van der Waals surface area contributed by atoms with Crippen molar-refractivity contribution in [1.82, 2.24) is 4.90 Å². The van der Waals surface area contributed by atoms with Crippen LogP contribution in [0.5, 0.6) is 5.75 Å². The van der Waals surface area contributed by atoms with Gasteiger partial charge in [0.25, 0.3) is 11.1 Å². The van der Waals surface area contributed by atoms with Crippen LogP contribution in [0.25, 0.3) is 6.08 Å². The molecule has 31 heavy (non-hydrogen) atoms. The molecule has 1 saturated heterocycles. The fourth-order valence-electron chi connectivity index (χ4n) is 3.39. The first-order chi connectivity index (χ1) is 15.2. The summed E-state index contributed by atoms with van der Waals surface area (Å²) in [6.07, 6.45) is 3.33. The SMILES string of the molecule is O=C1S/C(=C/c2ccccc2OCc2ccccc2)C(=O)N1CCCc1ccccc1. The lowest BCUT2D eigenvalue weighted by molar-refractivity contribution is -0.122. The second kappa shape index (κ2) is 10.1. The molecule has 156 valence electrons. The number of nitrogens with zero attached hydrogens (tertiary/aromatic N) is 1. The van der Waals surface area contributed by atoms with E-state index in [1.807, 2.05) is 72.8 Å². The van der Waals surface area contributed by atoms with Crippen LogP contribution in [0.4, 0.5) is 4.79 Å². The summed E-state index contributed by atoms with van der Waals surface area (Å²) in [5.41, 5.74) is 3.05. The number of hydrogen-bond acceptors (Lipinski definition) is 4. The fraction of sp³-hybridized carbons (Fsp3) is 0.154. The molecule has 0 spiro atoms. The molecule has 4 rings (SSSR count). The van der Waals surface area contributed by atoms with Gasteiger partial charge in [0.05, 0.1) is 4.91 Å². The predicted molar refractivity (Wildman–Crippen MR) is 125 cm³/mol. The van der Waals surface area contributed by atoms with Gasteiger partial charge in [-0.15, -0.1) is 0 Å². The second-order valence-electron chi connectivity index (χ2n) is 7.23. The molecule has 3 aromatic carbocycles. The molecule has 0 unspecified atom stereocenters. The third kappa shape index (κ3) is 5.44. The zero-order valence-corrected chi connectivity index (χ0v) is 17.9. The first kappa shape index (κ1) is 20.9. The summed E-state index contributed by atoms with van der Waals surface area (Å²) in [6, 6.07) is 27.6. The van der Waals surface area contributed by atoms with E-state index in [0.29, 0.717) is 23.8 Å². The van der Waals surface area contributed by atoms with Crippen molar-refractivity contribution < 1.29 is 14.3 Å². The first-order valence-electron chi connectivity index (χ1n) is 10.3. The molecule has 0 aromatic heterocycles. The number of benzene rings is 3. The number of ether oxygens (including phenoxy) is 1. The lowest BCUT2D eigenvalue weighted by Gasteiger charge is -2.12. The Morgan fingerprint density at radius 2 is 1.45 bits per heavy atom. The molecule has 0 aliphatic carbocycles. The third-order valence-corrected chi connectivity index (χ3v) is 5.91. The van der Waals surface area contributed by atoms with Gasteiger partial charge >= 0.3 is 0 Å². The van der Waals surface area contributed by atoms with Gasteiger partial charge in [-0.05, 0) is 47.9 Å². The lowest BCUT2D eigenvalue weighted by Crippen LogP contribution is -2.29. The summed E-state index contributed by atoms with van der Waals surface area (Å²) >= 11 is 0.989. The molecular weight excluding hydrogens is 406 g/mol. The number of thioether (sulfide) groups is 1. The van der Waals surface area contributed by atoms with E-state index in [2.05, 4.69) is 12.1 Å². The number of aryl methyl sites for hydroxylation is 1. The molecule has 0 radical (unpaired) electrons. The maximum atomic E-state index is 12.8. The van der Waals surface area contributed by atoms with Crippen LogP contribution in [-0.4, -0.2) is 22.6 Å². The van der Waals surface area contributed by atoms with Gasteiger partial charge in [0, 0.05) is 12.1 Å². The Morgan fingerprint density at radius 1 is 0.806 bits per heavy atom. The maximum absolute atomic E-state index is 12.8. The zero-order valence-electron chi connectivity index (χ0n) is 17.1. The standard InChI is InChI=1S/C26H23NO3S/c28-25-24(31-26(29)27(25)17-9-14-20-10-3-1-4-11-20)18-22-15-7-8-16-23(22)30-19-21-12-5-2-6-13-21/h1-8,10-13,15-16,18H,9,14,17,19H2/b24-18+. The Labute approximate surface area is 186 Å². The van der Waals surface area contributed by atoms with E-state index in [0.717, 1.165) is 35.7 Å². The Morgan fingerprint density at radius 3 is 2.19 bits per heavy atom. The number of imide groups is 1. The second-order valence-corrected chi connectivity index (χ2v) is 8.23. The fourth-order valence-corrected chi connectivity index (χ4v) is 4.24. The van der Waals surface area contributed by atoms with Crippen LogP contribution in [0, 0.1) is 0 Å². The highest BCUT2D eigenvalue weighted by Crippen LogP contribution is 2.34. The minimum atomic E-state index is -0.235. The van der Waals surface area contributed by atoms with Crippen molar-refractivity contribution in [2.75, 3.05) is 6.54 Å². The summed E-state index contributed by atoms with van der Waals surface area (Å²) < 4.78 is 5.97. The van der Waals surface area contributed by atoms with Crippen LogP contribution in [0.15, 0.2) is 89.8 Å². The van der Waals surface area contributed by atoms with E-state index in [1.165, 1.54) is 10.5 Å². The number of rotatable bonds is 8. The van der Waals surface area contributed by atoms with Gasteiger partial charge in [-0.3, -0.25) is 14.5 Å². The highest BCUT2D eigenvalue weighted by Gasteiger charge is 2.34. The van der Waals surface area contributed by atoms with Crippen LogP contribution >= 0.6 is 11.8 Å². The smallest absolute Gasteiger partial charge is 0.293 e. The Bertz CT molecular complexity index is 1080. The molecule has 0 N–H and O–H groups in total. The summed E-state index contributed by atoms with van der Waals surface area (Å²) in [4.78, 5) is 27.0. The van der Waals surface area contributed by atoms with Crippen molar-refractivity contribution in [3.63, 3.8) is 0 Å². The van der Waals surface area contributed by atoms with Gasteiger partial charge in [0.1, 0.15) is 12.4 Å². The summed E-state index contributed by atoms with van der Waals surface area (Å²) in [6.45, 7) is 0.857. The number of carbonyl (C=O) groups is 2. The maximum Gasteiger partial charge on any atom is 0.293 e. The van der Waals surface area contributed by atoms with Gasteiger partial charge < -0.3 is 4.74 Å².